The molecule has 1 nitrogen and oxygen atoms in total. The van der Waals surface area contributed by atoms with Crippen molar-refractivity contribution in [2.75, 3.05) is 0 Å². The highest BCUT2D eigenvalue weighted by Gasteiger charge is 1.99. The van der Waals surface area contributed by atoms with E-state index in [-0.39, 0.29) is 5.78 Å². The van der Waals surface area contributed by atoms with Gasteiger partial charge < -0.3 is 0 Å². The van der Waals surface area contributed by atoms with Crippen LogP contribution in [0, 0.1) is 12.8 Å². The molecular weight excluding hydrogens is 196 g/mol. The molecule has 0 unspecified atom stereocenters. The third-order valence-electron chi connectivity index (χ3n) is 1.62. The lowest BCUT2D eigenvalue weighted by Crippen LogP contribution is -1.93. The van der Waals surface area contributed by atoms with E-state index in [2.05, 4.69) is 20.8 Å². The minimum absolute atomic E-state index is 0.0706. The summed E-state index contributed by atoms with van der Waals surface area (Å²) in [6, 6.07) is 7.59. The lowest BCUT2D eigenvalue weighted by atomic mass is 10.1. The summed E-state index contributed by atoms with van der Waals surface area (Å²) in [5, 5.41) is 0. The molecule has 0 aliphatic rings. The molecule has 0 bridgehead atoms. The molecule has 1 aromatic carbocycles. The summed E-state index contributed by atoms with van der Waals surface area (Å²) in [5.74, 6) is 0.904. The van der Waals surface area contributed by atoms with Crippen LogP contribution in [-0.2, 0) is 0 Å². The molecule has 0 heterocycles. The van der Waals surface area contributed by atoms with Crippen molar-refractivity contribution in [2.24, 2.45) is 5.92 Å². The normalized spacial score (nSPS) is 10.1. The maximum absolute atomic E-state index is 11.3. The molecule has 88 valence electrons. The van der Waals surface area contributed by atoms with Gasteiger partial charge in [-0.1, -0.05) is 50.6 Å². The highest BCUT2D eigenvalue weighted by molar-refractivity contribution is 6.04. The molecule has 0 saturated carbocycles. The minimum Gasteiger partial charge on any atom is -0.289 e. The fourth-order valence-corrected chi connectivity index (χ4v) is 1.05. The Kier molecular flexibility index (Phi) is 7.19. The van der Waals surface area contributed by atoms with Gasteiger partial charge in [0.1, 0.15) is 0 Å². The van der Waals surface area contributed by atoms with Gasteiger partial charge in [-0.25, -0.2) is 0 Å². The highest BCUT2D eigenvalue weighted by atomic mass is 16.1. The van der Waals surface area contributed by atoms with Gasteiger partial charge in [-0.15, -0.1) is 0 Å². The Morgan fingerprint density at radius 1 is 1.25 bits per heavy atom. The number of ketones is 1. The fraction of sp³-hybridized carbons (Fsp3) is 0.400. The fourth-order valence-electron chi connectivity index (χ4n) is 1.05. The Balaban J connectivity index is 0.000000487. The Hall–Kier alpha value is -1.37. The third-order valence-corrected chi connectivity index (χ3v) is 1.62. The molecule has 0 N–H and O–H groups in total. The molecule has 16 heavy (non-hydrogen) atoms. The van der Waals surface area contributed by atoms with Crippen molar-refractivity contribution in [3.05, 3.63) is 47.5 Å². The van der Waals surface area contributed by atoms with Crippen molar-refractivity contribution in [2.45, 2.75) is 34.6 Å². The number of carbonyl (C=O) groups is 1. The molecule has 1 heteroatoms. The lowest BCUT2D eigenvalue weighted by molar-refractivity contribution is 0.104. The molecule has 0 radical (unpaired) electrons. The second kappa shape index (κ2) is 7.86. The number of carbonyl (C=O) groups excluding carboxylic acids is 1. The van der Waals surface area contributed by atoms with E-state index < -0.39 is 0 Å². The van der Waals surface area contributed by atoms with Gasteiger partial charge >= 0.3 is 0 Å². The maximum Gasteiger partial charge on any atom is 0.185 e. The molecule has 0 atom stereocenters. The number of allylic oxidation sites excluding steroid dienone is 2. The van der Waals surface area contributed by atoms with Gasteiger partial charge in [-0.05, 0) is 31.9 Å². The van der Waals surface area contributed by atoms with E-state index >= 15 is 0 Å². The first-order chi connectivity index (χ1) is 7.47. The molecule has 0 aliphatic heterocycles. The van der Waals surface area contributed by atoms with Crippen LogP contribution in [-0.4, -0.2) is 5.78 Å². The Morgan fingerprint density at radius 2 is 1.81 bits per heavy atom. The first-order valence-electron chi connectivity index (χ1n) is 5.71. The van der Waals surface area contributed by atoms with Crippen LogP contribution in [0.5, 0.6) is 0 Å². The number of hydrogen-bond acceptors (Lipinski definition) is 1. The highest BCUT2D eigenvalue weighted by Crippen LogP contribution is 2.05. The lowest BCUT2D eigenvalue weighted by Gasteiger charge is -1.96. The standard InChI is InChI=1S/C11H12O.C4H10/c1-3-5-11(12)10-7-4-6-9(2)8-10;1-4(2)3/h3-8H,1-2H3;4H,1-3H3/b5-3+;. The zero-order chi connectivity index (χ0) is 12.6. The van der Waals surface area contributed by atoms with E-state index in [0.29, 0.717) is 0 Å². The van der Waals surface area contributed by atoms with Crippen molar-refractivity contribution in [1.82, 2.24) is 0 Å². The zero-order valence-electron chi connectivity index (χ0n) is 10.9. The minimum atomic E-state index is 0.0706. The molecule has 0 aliphatic carbocycles. The van der Waals surface area contributed by atoms with Gasteiger partial charge in [-0.2, -0.15) is 0 Å². The summed E-state index contributed by atoms with van der Waals surface area (Å²) >= 11 is 0. The molecule has 0 spiro atoms. The van der Waals surface area contributed by atoms with Gasteiger partial charge in [0, 0.05) is 5.56 Å². The Bertz CT molecular complexity index is 345. The SMILES string of the molecule is C/C=C/C(=O)c1cccc(C)c1.CC(C)C. The second-order valence-electron chi connectivity index (χ2n) is 4.47. The average molecular weight is 218 g/mol. The molecular formula is C15H22O. The van der Waals surface area contributed by atoms with Crippen LogP contribution in [0.1, 0.15) is 43.6 Å². The van der Waals surface area contributed by atoms with Gasteiger partial charge in [0.2, 0.25) is 0 Å². The summed E-state index contributed by atoms with van der Waals surface area (Å²) in [5.41, 5.74) is 1.87. The number of rotatable bonds is 2. The summed E-state index contributed by atoms with van der Waals surface area (Å²) in [6.07, 6.45) is 3.33. The first-order valence-corrected chi connectivity index (χ1v) is 5.71. The molecule has 1 aromatic rings. The van der Waals surface area contributed by atoms with Crippen molar-refractivity contribution in [1.29, 1.82) is 0 Å². The molecule has 1 rings (SSSR count). The van der Waals surface area contributed by atoms with E-state index in [1.54, 1.807) is 12.2 Å². The van der Waals surface area contributed by atoms with Gasteiger partial charge in [0.25, 0.3) is 0 Å². The van der Waals surface area contributed by atoms with Crippen LogP contribution >= 0.6 is 0 Å². The van der Waals surface area contributed by atoms with Gasteiger partial charge in [-0.3, -0.25) is 4.79 Å². The van der Waals surface area contributed by atoms with Gasteiger partial charge in [0.15, 0.2) is 5.78 Å². The third kappa shape index (κ3) is 6.99. The number of benzene rings is 1. The summed E-state index contributed by atoms with van der Waals surface area (Å²) in [6.45, 7) is 10.3. The Labute approximate surface area is 99.2 Å². The summed E-state index contributed by atoms with van der Waals surface area (Å²) in [7, 11) is 0. The largest absolute Gasteiger partial charge is 0.289 e. The predicted molar refractivity (Wildman–Crippen MR) is 70.8 cm³/mol. The van der Waals surface area contributed by atoms with E-state index in [0.717, 1.165) is 17.0 Å². The smallest absolute Gasteiger partial charge is 0.185 e. The molecule has 0 saturated heterocycles. The quantitative estimate of drug-likeness (QED) is 0.530. The van der Waals surface area contributed by atoms with Crippen LogP contribution in [0.15, 0.2) is 36.4 Å². The van der Waals surface area contributed by atoms with E-state index in [9.17, 15) is 4.79 Å². The van der Waals surface area contributed by atoms with Crippen LogP contribution in [0.3, 0.4) is 0 Å². The van der Waals surface area contributed by atoms with E-state index in [1.807, 2.05) is 38.1 Å². The molecule has 0 amide bonds. The Morgan fingerprint density at radius 3 is 2.25 bits per heavy atom. The average Bonchev–Trinajstić information content (AvgIpc) is 2.17. The number of hydrogen-bond donors (Lipinski definition) is 0. The van der Waals surface area contributed by atoms with Crippen LogP contribution in [0.25, 0.3) is 0 Å². The topological polar surface area (TPSA) is 17.1 Å². The monoisotopic (exact) mass is 218 g/mol. The van der Waals surface area contributed by atoms with Crippen molar-refractivity contribution >= 4 is 5.78 Å². The van der Waals surface area contributed by atoms with Crippen LogP contribution in [0.4, 0.5) is 0 Å². The van der Waals surface area contributed by atoms with Crippen LogP contribution < -0.4 is 0 Å². The summed E-state index contributed by atoms with van der Waals surface area (Å²) < 4.78 is 0. The molecule has 0 fully saturated rings. The van der Waals surface area contributed by atoms with Crippen molar-refractivity contribution < 1.29 is 4.79 Å². The van der Waals surface area contributed by atoms with Crippen molar-refractivity contribution in [3.8, 4) is 0 Å². The number of aryl methyl sites for hydroxylation is 1. The molecule has 0 aromatic heterocycles. The predicted octanol–water partition coefficient (Wildman–Crippen LogP) is 4.42. The zero-order valence-corrected chi connectivity index (χ0v) is 10.9. The van der Waals surface area contributed by atoms with E-state index in [4.69, 9.17) is 0 Å². The maximum atomic E-state index is 11.3. The van der Waals surface area contributed by atoms with Crippen molar-refractivity contribution in [3.63, 3.8) is 0 Å². The summed E-state index contributed by atoms with van der Waals surface area (Å²) in [4.78, 5) is 11.3. The van der Waals surface area contributed by atoms with Gasteiger partial charge in [0.05, 0.1) is 0 Å². The van der Waals surface area contributed by atoms with Crippen LogP contribution in [0.2, 0.25) is 0 Å². The first kappa shape index (κ1) is 14.6. The van der Waals surface area contributed by atoms with E-state index in [1.165, 1.54) is 0 Å². The second-order valence-corrected chi connectivity index (χ2v) is 4.47.